The summed E-state index contributed by atoms with van der Waals surface area (Å²) >= 11 is 7.47. The molecule has 0 spiro atoms. The number of benzene rings is 1. The van der Waals surface area contributed by atoms with E-state index in [1.807, 2.05) is 19.1 Å². The van der Waals surface area contributed by atoms with Crippen LogP contribution in [-0.4, -0.2) is 10.9 Å². The summed E-state index contributed by atoms with van der Waals surface area (Å²) in [5.74, 6) is 0.892. The number of nitrogens with two attached hydrogens (primary N) is 2. The Labute approximate surface area is 123 Å². The fourth-order valence-electron chi connectivity index (χ4n) is 1.07. The Morgan fingerprint density at radius 1 is 1.41 bits per heavy atom. The van der Waals surface area contributed by atoms with Crippen LogP contribution in [0.25, 0.3) is 0 Å². The molecule has 0 radical (unpaired) electrons. The minimum absolute atomic E-state index is 0. The van der Waals surface area contributed by atoms with E-state index in [1.165, 1.54) is 11.8 Å². The number of aliphatic imine (C=N–C) groups is 1. The van der Waals surface area contributed by atoms with Gasteiger partial charge in [-0.05, 0) is 23.4 Å². The highest BCUT2D eigenvalue weighted by Crippen LogP contribution is 2.26. The number of amidine groups is 1. The number of nitrogens with zero attached hydrogens (tertiary/aromatic N) is 1. The summed E-state index contributed by atoms with van der Waals surface area (Å²) in [5, 5.41) is 1.11. The largest absolute Gasteiger partial charge is 0.378 e. The Hall–Kier alpha value is -0.130. The summed E-state index contributed by atoms with van der Waals surface area (Å²) in [7, 11) is 0. The second kappa shape index (κ2) is 9.85. The molecule has 0 aliphatic carbocycles. The van der Waals surface area contributed by atoms with E-state index in [9.17, 15) is 0 Å². The van der Waals surface area contributed by atoms with E-state index in [1.54, 1.807) is 6.07 Å². The molecule has 0 heterocycles. The van der Waals surface area contributed by atoms with E-state index in [0.717, 1.165) is 11.3 Å². The second-order valence-corrected chi connectivity index (χ2v) is 4.56. The van der Waals surface area contributed by atoms with Gasteiger partial charge in [-0.15, -0.1) is 24.8 Å². The smallest absolute Gasteiger partial charge is 0.159 e. The van der Waals surface area contributed by atoms with Crippen molar-refractivity contribution in [2.75, 3.05) is 5.75 Å². The first-order valence-corrected chi connectivity index (χ1v) is 5.99. The molecule has 1 aromatic carbocycles. The molecule has 1 rings (SSSR count). The quantitative estimate of drug-likeness (QED) is 0.664. The number of thioether (sulfide) groups is 1. The minimum Gasteiger partial charge on any atom is -0.378 e. The van der Waals surface area contributed by atoms with E-state index >= 15 is 0 Å². The molecule has 0 unspecified atom stereocenters. The van der Waals surface area contributed by atoms with Crippen LogP contribution in [0.3, 0.4) is 0 Å². The van der Waals surface area contributed by atoms with Gasteiger partial charge in [0, 0.05) is 6.54 Å². The van der Waals surface area contributed by atoms with Crippen LogP contribution in [0.4, 0.5) is 5.69 Å². The highest BCUT2D eigenvalue weighted by atomic mass is 35.5. The molecule has 98 valence electrons. The van der Waals surface area contributed by atoms with Gasteiger partial charge in [-0.1, -0.05) is 36.4 Å². The van der Waals surface area contributed by atoms with Crippen molar-refractivity contribution in [2.24, 2.45) is 16.5 Å². The number of hydrogen-bond donors (Lipinski definition) is 2. The lowest BCUT2D eigenvalue weighted by Crippen LogP contribution is -2.06. The summed E-state index contributed by atoms with van der Waals surface area (Å²) in [6.07, 6.45) is 0. The third-order valence-electron chi connectivity index (χ3n) is 1.77. The Morgan fingerprint density at radius 3 is 2.59 bits per heavy atom. The zero-order valence-corrected chi connectivity index (χ0v) is 12.6. The SMILES string of the molecule is CCSC(N)=Nc1cc(CN)ccc1Cl.Cl.Cl. The van der Waals surface area contributed by atoms with Crippen LogP contribution in [0.2, 0.25) is 5.02 Å². The van der Waals surface area contributed by atoms with Crippen molar-refractivity contribution in [3.63, 3.8) is 0 Å². The zero-order chi connectivity index (χ0) is 11.3. The molecular weight excluding hydrogens is 301 g/mol. The molecule has 0 fully saturated rings. The summed E-state index contributed by atoms with van der Waals surface area (Å²) in [4.78, 5) is 4.23. The van der Waals surface area contributed by atoms with Crippen LogP contribution in [0.1, 0.15) is 12.5 Å². The van der Waals surface area contributed by atoms with Crippen molar-refractivity contribution >= 4 is 59.0 Å². The molecule has 0 aromatic heterocycles. The van der Waals surface area contributed by atoms with E-state index in [0.29, 0.717) is 22.4 Å². The van der Waals surface area contributed by atoms with Crippen molar-refractivity contribution in [3.8, 4) is 0 Å². The van der Waals surface area contributed by atoms with Crippen LogP contribution in [0, 0.1) is 0 Å². The van der Waals surface area contributed by atoms with Gasteiger partial charge < -0.3 is 11.5 Å². The Morgan fingerprint density at radius 2 is 2.06 bits per heavy atom. The Balaban J connectivity index is 0. The Bertz CT molecular complexity index is 372. The predicted molar refractivity (Wildman–Crippen MR) is 83.3 cm³/mol. The molecule has 0 aliphatic heterocycles. The molecule has 0 bridgehead atoms. The van der Waals surface area contributed by atoms with Crippen LogP contribution in [0.5, 0.6) is 0 Å². The molecule has 0 aliphatic rings. The normalized spacial score (nSPS) is 10.4. The van der Waals surface area contributed by atoms with E-state index in [2.05, 4.69) is 4.99 Å². The Kier molecular flexibility index (Phi) is 11.1. The van der Waals surface area contributed by atoms with Crippen LogP contribution in [0.15, 0.2) is 23.2 Å². The molecule has 17 heavy (non-hydrogen) atoms. The zero-order valence-electron chi connectivity index (χ0n) is 9.35. The molecular formula is C10H16Cl3N3S. The monoisotopic (exact) mass is 315 g/mol. The second-order valence-electron chi connectivity index (χ2n) is 2.87. The molecule has 3 nitrogen and oxygen atoms in total. The molecule has 4 N–H and O–H groups in total. The van der Waals surface area contributed by atoms with Gasteiger partial charge >= 0.3 is 0 Å². The van der Waals surface area contributed by atoms with Crippen molar-refractivity contribution < 1.29 is 0 Å². The highest BCUT2D eigenvalue weighted by Gasteiger charge is 2.01. The summed E-state index contributed by atoms with van der Waals surface area (Å²) < 4.78 is 0. The first-order chi connectivity index (χ1) is 7.17. The molecule has 0 amide bonds. The molecule has 0 atom stereocenters. The maximum Gasteiger partial charge on any atom is 0.159 e. The number of halogens is 3. The molecule has 0 saturated heterocycles. The first-order valence-electron chi connectivity index (χ1n) is 4.62. The highest BCUT2D eigenvalue weighted by molar-refractivity contribution is 8.13. The van der Waals surface area contributed by atoms with Crippen molar-refractivity contribution in [1.29, 1.82) is 0 Å². The first kappa shape index (κ1) is 19.2. The lowest BCUT2D eigenvalue weighted by Gasteiger charge is -2.03. The van der Waals surface area contributed by atoms with Crippen LogP contribution in [-0.2, 0) is 6.54 Å². The fraction of sp³-hybridized carbons (Fsp3) is 0.300. The number of rotatable bonds is 3. The van der Waals surface area contributed by atoms with Gasteiger partial charge in [-0.25, -0.2) is 4.99 Å². The molecule has 7 heteroatoms. The van der Waals surface area contributed by atoms with Gasteiger partial charge in [0.05, 0.1) is 10.7 Å². The standard InChI is InChI=1S/C10H14ClN3S.2ClH/c1-2-15-10(13)14-9-5-7(6-12)3-4-8(9)11;;/h3-5H,2,6,12H2,1H3,(H2,13,14);2*1H. The number of hydrogen-bond acceptors (Lipinski definition) is 3. The van der Waals surface area contributed by atoms with Gasteiger partial charge in [-0.3, -0.25) is 0 Å². The van der Waals surface area contributed by atoms with Gasteiger partial charge in [0.15, 0.2) is 5.17 Å². The van der Waals surface area contributed by atoms with E-state index in [-0.39, 0.29) is 24.8 Å². The van der Waals surface area contributed by atoms with Crippen molar-refractivity contribution in [2.45, 2.75) is 13.5 Å². The molecule has 0 saturated carbocycles. The van der Waals surface area contributed by atoms with Gasteiger partial charge in [0.1, 0.15) is 0 Å². The van der Waals surface area contributed by atoms with Gasteiger partial charge in [0.25, 0.3) is 0 Å². The summed E-state index contributed by atoms with van der Waals surface area (Å²) in [6, 6.07) is 5.52. The van der Waals surface area contributed by atoms with E-state index < -0.39 is 0 Å². The lowest BCUT2D eigenvalue weighted by atomic mass is 10.2. The lowest BCUT2D eigenvalue weighted by molar-refractivity contribution is 1.07. The fourth-order valence-corrected chi connectivity index (χ4v) is 1.69. The molecule has 1 aromatic rings. The van der Waals surface area contributed by atoms with Gasteiger partial charge in [0.2, 0.25) is 0 Å². The third kappa shape index (κ3) is 6.38. The van der Waals surface area contributed by atoms with Crippen molar-refractivity contribution in [3.05, 3.63) is 28.8 Å². The van der Waals surface area contributed by atoms with Gasteiger partial charge in [-0.2, -0.15) is 0 Å². The third-order valence-corrected chi connectivity index (χ3v) is 2.76. The average molecular weight is 317 g/mol. The minimum atomic E-state index is 0. The maximum atomic E-state index is 5.98. The average Bonchev–Trinajstić information content (AvgIpc) is 2.21. The predicted octanol–water partition coefficient (Wildman–Crippen LogP) is 3.34. The topological polar surface area (TPSA) is 64.4 Å². The van der Waals surface area contributed by atoms with Crippen LogP contribution >= 0.6 is 48.2 Å². The summed E-state index contributed by atoms with van der Waals surface area (Å²) in [5.41, 5.74) is 12.9. The summed E-state index contributed by atoms with van der Waals surface area (Å²) in [6.45, 7) is 2.49. The van der Waals surface area contributed by atoms with Crippen molar-refractivity contribution in [1.82, 2.24) is 0 Å². The maximum absolute atomic E-state index is 5.98. The van der Waals surface area contributed by atoms with E-state index in [4.69, 9.17) is 23.1 Å². The van der Waals surface area contributed by atoms with Crippen LogP contribution < -0.4 is 11.5 Å².